The summed E-state index contributed by atoms with van der Waals surface area (Å²) in [5.41, 5.74) is 9.27. The molecule has 2 aromatic rings. The summed E-state index contributed by atoms with van der Waals surface area (Å²) >= 11 is 0. The van der Waals surface area contributed by atoms with Crippen LogP contribution in [0, 0.1) is 5.92 Å². The van der Waals surface area contributed by atoms with Gasteiger partial charge in [-0.2, -0.15) is 13.2 Å². The third kappa shape index (κ3) is 6.02. The van der Waals surface area contributed by atoms with Crippen molar-refractivity contribution in [3.8, 4) is 0 Å². The van der Waals surface area contributed by atoms with Gasteiger partial charge >= 0.3 is 6.18 Å². The van der Waals surface area contributed by atoms with Crippen LogP contribution in [0.4, 0.5) is 30.5 Å². The highest BCUT2D eigenvalue weighted by Gasteiger charge is 2.31. The number of pyridine rings is 1. The van der Waals surface area contributed by atoms with Crippen LogP contribution in [0.25, 0.3) is 0 Å². The molecular formula is C17H20F3N7O2. The van der Waals surface area contributed by atoms with E-state index in [2.05, 4.69) is 25.6 Å². The Kier molecular flexibility index (Phi) is 6.56. The van der Waals surface area contributed by atoms with Crippen LogP contribution in [-0.4, -0.2) is 32.8 Å². The predicted molar refractivity (Wildman–Crippen MR) is 99.1 cm³/mol. The third-order valence-corrected chi connectivity index (χ3v) is 3.71. The number of nitrogens with one attached hydrogen (secondary N) is 2. The van der Waals surface area contributed by atoms with Crippen molar-refractivity contribution in [3.63, 3.8) is 0 Å². The highest BCUT2D eigenvalue weighted by Crippen LogP contribution is 2.31. The maximum Gasteiger partial charge on any atom is 0.417 e. The second-order valence-electron chi connectivity index (χ2n) is 6.63. The summed E-state index contributed by atoms with van der Waals surface area (Å²) < 4.78 is 38.6. The molecular weight excluding hydrogens is 391 g/mol. The lowest BCUT2D eigenvalue weighted by atomic mass is 10.0. The molecule has 2 amide bonds. The molecule has 0 bridgehead atoms. The number of hydrogen-bond donors (Lipinski definition) is 4. The molecule has 0 aromatic carbocycles. The van der Waals surface area contributed by atoms with E-state index in [0.29, 0.717) is 12.6 Å². The molecule has 2 aromatic heterocycles. The largest absolute Gasteiger partial charge is 0.417 e. The zero-order chi connectivity index (χ0) is 21.8. The van der Waals surface area contributed by atoms with Gasteiger partial charge in [0.2, 0.25) is 5.91 Å². The third-order valence-electron chi connectivity index (χ3n) is 3.71. The van der Waals surface area contributed by atoms with E-state index in [1.54, 1.807) is 0 Å². The van der Waals surface area contributed by atoms with Gasteiger partial charge in [0.1, 0.15) is 11.9 Å². The predicted octanol–water partition coefficient (Wildman–Crippen LogP) is 2.04. The Hall–Kier alpha value is -3.44. The normalized spacial score (nSPS) is 12.5. The average Bonchev–Trinajstić information content (AvgIpc) is 2.60. The van der Waals surface area contributed by atoms with E-state index in [9.17, 15) is 22.8 Å². The van der Waals surface area contributed by atoms with Gasteiger partial charge < -0.3 is 22.1 Å². The molecule has 9 nitrogen and oxygen atoms in total. The maximum atomic E-state index is 12.9. The number of nitrogens with zero attached hydrogens (tertiary/aromatic N) is 3. The van der Waals surface area contributed by atoms with Crippen molar-refractivity contribution in [1.82, 2.24) is 15.0 Å². The van der Waals surface area contributed by atoms with Crippen molar-refractivity contribution in [2.24, 2.45) is 17.4 Å². The lowest BCUT2D eigenvalue weighted by Crippen LogP contribution is -2.37. The van der Waals surface area contributed by atoms with Crippen LogP contribution in [-0.2, 0) is 11.0 Å². The first-order chi connectivity index (χ1) is 13.5. The first kappa shape index (κ1) is 21.9. The number of carbonyl (C=O) groups is 2. The number of rotatable bonds is 8. The summed E-state index contributed by atoms with van der Waals surface area (Å²) in [6.07, 6.45) is -1.24. The molecule has 12 heteroatoms. The zero-order valence-corrected chi connectivity index (χ0v) is 15.6. The molecule has 0 aliphatic heterocycles. The molecule has 0 saturated carbocycles. The van der Waals surface area contributed by atoms with Crippen LogP contribution in [0.15, 0.2) is 24.7 Å². The molecule has 0 fully saturated rings. The Bertz CT molecular complexity index is 903. The van der Waals surface area contributed by atoms with Gasteiger partial charge in [-0.05, 0) is 18.4 Å². The Morgan fingerprint density at radius 2 is 1.86 bits per heavy atom. The van der Waals surface area contributed by atoms with Crippen molar-refractivity contribution in [3.05, 3.63) is 35.9 Å². The fraction of sp³-hybridized carbons (Fsp3) is 0.353. The van der Waals surface area contributed by atoms with E-state index in [1.165, 1.54) is 6.20 Å². The lowest BCUT2D eigenvalue weighted by Gasteiger charge is -2.19. The monoisotopic (exact) mass is 411 g/mol. The Labute approximate surface area is 164 Å². The molecule has 6 N–H and O–H groups in total. The summed E-state index contributed by atoms with van der Waals surface area (Å²) in [7, 11) is 0. The Balaban J connectivity index is 2.36. The highest BCUT2D eigenvalue weighted by molar-refractivity contribution is 5.96. The molecule has 0 spiro atoms. The molecule has 2 rings (SSSR count). The first-order valence-electron chi connectivity index (χ1n) is 8.49. The van der Waals surface area contributed by atoms with Crippen molar-refractivity contribution < 1.29 is 22.8 Å². The van der Waals surface area contributed by atoms with Gasteiger partial charge in [0.05, 0.1) is 23.6 Å². The summed E-state index contributed by atoms with van der Waals surface area (Å²) in [5, 5.41) is 5.36. The number of carbonyl (C=O) groups excluding carboxylic acids is 2. The van der Waals surface area contributed by atoms with Gasteiger partial charge in [0.15, 0.2) is 11.5 Å². The quantitative estimate of drug-likeness (QED) is 0.519. The standard InChI is InChI=1S/C17H20F3N7O2/c1-8(2)3-11(14(21)28)26-12-7-24-13(15(22)29)16(27-12)25-10-4-9(5-23-6-10)17(18,19)20/h4-8,11H,3H2,1-2H3,(H2,21,28)(H2,22,29)(H2,25,26,27)/t11-/m1/s1. The van der Waals surface area contributed by atoms with Gasteiger partial charge in [-0.1, -0.05) is 13.8 Å². The summed E-state index contributed by atoms with van der Waals surface area (Å²) in [4.78, 5) is 34.8. The minimum atomic E-state index is -4.60. The van der Waals surface area contributed by atoms with Crippen molar-refractivity contribution in [2.75, 3.05) is 10.6 Å². The van der Waals surface area contributed by atoms with Crippen molar-refractivity contribution in [1.29, 1.82) is 0 Å². The highest BCUT2D eigenvalue weighted by atomic mass is 19.4. The molecule has 0 aliphatic rings. The second kappa shape index (κ2) is 8.71. The van der Waals surface area contributed by atoms with Crippen LogP contribution < -0.4 is 22.1 Å². The summed E-state index contributed by atoms with van der Waals surface area (Å²) in [6, 6.07) is 0.0386. The molecule has 2 heterocycles. The van der Waals surface area contributed by atoms with Crippen LogP contribution in [0.2, 0.25) is 0 Å². The fourth-order valence-corrected chi connectivity index (χ4v) is 2.42. The number of nitrogens with two attached hydrogens (primary N) is 2. The fourth-order valence-electron chi connectivity index (χ4n) is 2.42. The molecule has 0 unspecified atom stereocenters. The van der Waals surface area contributed by atoms with Crippen LogP contribution in [0.3, 0.4) is 0 Å². The second-order valence-corrected chi connectivity index (χ2v) is 6.63. The van der Waals surface area contributed by atoms with Gasteiger partial charge in [0, 0.05) is 6.20 Å². The Morgan fingerprint density at radius 1 is 1.17 bits per heavy atom. The van der Waals surface area contributed by atoms with E-state index in [-0.39, 0.29) is 28.9 Å². The van der Waals surface area contributed by atoms with Gasteiger partial charge in [-0.3, -0.25) is 14.6 Å². The molecule has 156 valence electrons. The lowest BCUT2D eigenvalue weighted by molar-refractivity contribution is -0.137. The minimum absolute atomic E-state index is 0.0811. The molecule has 0 saturated heterocycles. The van der Waals surface area contributed by atoms with Gasteiger partial charge in [-0.15, -0.1) is 0 Å². The van der Waals surface area contributed by atoms with Gasteiger partial charge in [-0.25, -0.2) is 9.97 Å². The number of anilines is 3. The van der Waals surface area contributed by atoms with E-state index in [1.807, 2.05) is 13.8 Å². The number of alkyl halides is 3. The van der Waals surface area contributed by atoms with Crippen molar-refractivity contribution >= 4 is 29.1 Å². The Morgan fingerprint density at radius 3 is 2.41 bits per heavy atom. The molecule has 1 atom stereocenters. The first-order valence-corrected chi connectivity index (χ1v) is 8.49. The van der Waals surface area contributed by atoms with Gasteiger partial charge in [0.25, 0.3) is 5.91 Å². The summed E-state index contributed by atoms with van der Waals surface area (Å²) in [6.45, 7) is 3.79. The number of primary amides is 2. The van der Waals surface area contributed by atoms with Crippen LogP contribution in [0.1, 0.15) is 36.3 Å². The molecule has 0 radical (unpaired) electrons. The van der Waals surface area contributed by atoms with E-state index in [4.69, 9.17) is 11.5 Å². The number of halogens is 3. The molecule has 0 aliphatic carbocycles. The minimum Gasteiger partial charge on any atom is -0.368 e. The maximum absolute atomic E-state index is 12.9. The van der Waals surface area contributed by atoms with Crippen molar-refractivity contribution in [2.45, 2.75) is 32.5 Å². The topological polar surface area (TPSA) is 149 Å². The average molecular weight is 411 g/mol. The SMILES string of the molecule is CC(C)C[C@@H](Nc1cnc(C(N)=O)c(Nc2cncc(C(F)(F)F)c2)n1)C(N)=O. The number of aromatic nitrogens is 3. The smallest absolute Gasteiger partial charge is 0.368 e. The number of hydrogen-bond acceptors (Lipinski definition) is 7. The molecule has 29 heavy (non-hydrogen) atoms. The van der Waals surface area contributed by atoms with E-state index >= 15 is 0 Å². The summed E-state index contributed by atoms with van der Waals surface area (Å²) in [5.74, 6) is -1.53. The van der Waals surface area contributed by atoms with Crippen LogP contribution in [0.5, 0.6) is 0 Å². The van der Waals surface area contributed by atoms with E-state index < -0.39 is 29.6 Å². The van der Waals surface area contributed by atoms with Crippen LogP contribution >= 0.6 is 0 Å². The number of amides is 2. The van der Waals surface area contributed by atoms with E-state index in [0.717, 1.165) is 12.3 Å². The zero-order valence-electron chi connectivity index (χ0n) is 15.6.